The van der Waals surface area contributed by atoms with Crippen molar-refractivity contribution in [3.05, 3.63) is 51.4 Å². The lowest BCUT2D eigenvalue weighted by atomic mass is 9.96. The van der Waals surface area contributed by atoms with Gasteiger partial charge in [0.2, 0.25) is 0 Å². The number of carbonyl (C=O) groups excluding carboxylic acids is 2. The van der Waals surface area contributed by atoms with Crippen molar-refractivity contribution < 1.29 is 9.59 Å². The van der Waals surface area contributed by atoms with E-state index in [-0.39, 0.29) is 11.8 Å². The van der Waals surface area contributed by atoms with Gasteiger partial charge in [0, 0.05) is 19.6 Å². The molecule has 0 saturated carbocycles. The Labute approximate surface area is 199 Å². The van der Waals surface area contributed by atoms with Crippen LogP contribution in [0.2, 0.25) is 5.02 Å². The van der Waals surface area contributed by atoms with Crippen LogP contribution in [0.25, 0.3) is 0 Å². The van der Waals surface area contributed by atoms with Gasteiger partial charge in [0.1, 0.15) is 0 Å². The summed E-state index contributed by atoms with van der Waals surface area (Å²) in [7, 11) is 0. The minimum atomic E-state index is -0.259. The van der Waals surface area contributed by atoms with Crippen LogP contribution >= 0.6 is 22.9 Å². The van der Waals surface area contributed by atoms with Gasteiger partial charge in [-0.25, -0.2) is 0 Å². The molecule has 7 heteroatoms. The number of piperidine rings is 1. The van der Waals surface area contributed by atoms with Crippen LogP contribution in [-0.4, -0.2) is 54.3 Å². The largest absolute Gasteiger partial charge is 0.338 e. The molecule has 1 aromatic heterocycles. The van der Waals surface area contributed by atoms with Gasteiger partial charge in [0.05, 0.1) is 20.5 Å². The molecule has 2 aliphatic heterocycles. The number of nitrogens with zero attached hydrogens (tertiary/aromatic N) is 2. The summed E-state index contributed by atoms with van der Waals surface area (Å²) in [6.45, 7) is 7.21. The first kappa shape index (κ1) is 23.3. The fourth-order valence-electron chi connectivity index (χ4n) is 4.73. The lowest BCUT2D eigenvalue weighted by Gasteiger charge is -2.34. The highest BCUT2D eigenvalue weighted by Gasteiger charge is 2.27. The number of amides is 2. The van der Waals surface area contributed by atoms with E-state index in [1.165, 1.54) is 56.7 Å². The fourth-order valence-corrected chi connectivity index (χ4v) is 5.98. The zero-order valence-electron chi connectivity index (χ0n) is 18.7. The lowest BCUT2D eigenvalue weighted by Crippen LogP contribution is -2.41. The number of hydrogen-bond acceptors (Lipinski definition) is 4. The summed E-state index contributed by atoms with van der Waals surface area (Å²) in [5.74, 6) is 0.510. The van der Waals surface area contributed by atoms with Gasteiger partial charge in [0.25, 0.3) is 11.8 Å². The number of aryl methyl sites for hydroxylation is 1. The third kappa shape index (κ3) is 5.72. The quantitative estimate of drug-likeness (QED) is 0.606. The van der Waals surface area contributed by atoms with Gasteiger partial charge in [-0.2, -0.15) is 0 Å². The number of benzene rings is 1. The smallest absolute Gasteiger partial charge is 0.264 e. The van der Waals surface area contributed by atoms with Gasteiger partial charge >= 0.3 is 0 Å². The van der Waals surface area contributed by atoms with Gasteiger partial charge < -0.3 is 15.1 Å². The minimum absolute atomic E-state index is 0.0824. The van der Waals surface area contributed by atoms with Crippen LogP contribution in [0.5, 0.6) is 0 Å². The molecular formula is C25H32ClN3O2S. The predicted octanol–water partition coefficient (Wildman–Crippen LogP) is 5.69. The second-order valence-corrected chi connectivity index (χ2v) is 10.5. The van der Waals surface area contributed by atoms with Crippen molar-refractivity contribution >= 4 is 39.8 Å². The molecular weight excluding hydrogens is 442 g/mol. The van der Waals surface area contributed by atoms with E-state index in [1.807, 2.05) is 17.9 Å². The highest BCUT2D eigenvalue weighted by molar-refractivity contribution is 7.18. The third-order valence-electron chi connectivity index (χ3n) is 6.58. The Morgan fingerprint density at radius 3 is 2.44 bits per heavy atom. The predicted molar refractivity (Wildman–Crippen MR) is 132 cm³/mol. The molecule has 4 rings (SSSR count). The summed E-state index contributed by atoms with van der Waals surface area (Å²) in [4.78, 5) is 31.1. The Hall–Kier alpha value is -1.89. The number of likely N-dealkylation sites (tertiary alicyclic amines) is 2. The van der Waals surface area contributed by atoms with Crippen LogP contribution in [0, 0.1) is 12.8 Å². The maximum absolute atomic E-state index is 13.2. The lowest BCUT2D eigenvalue weighted by molar-refractivity contribution is 0.0672. The summed E-state index contributed by atoms with van der Waals surface area (Å²) in [5.41, 5.74) is 1.33. The Morgan fingerprint density at radius 1 is 1.06 bits per heavy atom. The van der Waals surface area contributed by atoms with E-state index < -0.39 is 0 Å². The molecule has 1 N–H and O–H groups in total. The summed E-state index contributed by atoms with van der Waals surface area (Å²) in [6.07, 6.45) is 7.52. The zero-order valence-corrected chi connectivity index (χ0v) is 20.3. The highest BCUT2D eigenvalue weighted by Crippen LogP contribution is 2.30. The average molecular weight is 474 g/mol. The van der Waals surface area contributed by atoms with E-state index in [0.717, 1.165) is 31.5 Å². The molecule has 0 spiro atoms. The fraction of sp³-hybridized carbons (Fsp3) is 0.520. The molecule has 172 valence electrons. The van der Waals surface area contributed by atoms with E-state index in [9.17, 15) is 9.59 Å². The van der Waals surface area contributed by atoms with E-state index >= 15 is 0 Å². The maximum atomic E-state index is 13.2. The Balaban J connectivity index is 1.32. The third-order valence-corrected chi connectivity index (χ3v) is 8.05. The van der Waals surface area contributed by atoms with Crippen LogP contribution in [-0.2, 0) is 0 Å². The van der Waals surface area contributed by atoms with Gasteiger partial charge in [0.15, 0.2) is 0 Å². The van der Waals surface area contributed by atoms with Crippen molar-refractivity contribution in [3.63, 3.8) is 0 Å². The second-order valence-electron chi connectivity index (χ2n) is 9.01. The first-order valence-corrected chi connectivity index (χ1v) is 12.9. The Morgan fingerprint density at radius 2 is 1.75 bits per heavy atom. The second kappa shape index (κ2) is 10.8. The first-order chi connectivity index (χ1) is 15.5. The molecule has 0 unspecified atom stereocenters. The number of thiophene rings is 1. The monoisotopic (exact) mass is 473 g/mol. The molecule has 0 aliphatic carbocycles. The molecule has 2 amide bonds. The van der Waals surface area contributed by atoms with Crippen molar-refractivity contribution in [2.75, 3.05) is 38.0 Å². The summed E-state index contributed by atoms with van der Waals surface area (Å²) in [5, 5.41) is 3.98. The van der Waals surface area contributed by atoms with Gasteiger partial charge in [-0.3, -0.25) is 9.59 Å². The first-order valence-electron chi connectivity index (χ1n) is 11.7. The molecule has 32 heavy (non-hydrogen) atoms. The van der Waals surface area contributed by atoms with Gasteiger partial charge in [-0.1, -0.05) is 36.6 Å². The number of rotatable bonds is 5. The van der Waals surface area contributed by atoms with E-state index in [2.05, 4.69) is 10.2 Å². The van der Waals surface area contributed by atoms with Crippen molar-refractivity contribution in [2.24, 2.45) is 5.92 Å². The normalized spacial score (nSPS) is 18.4. The minimum Gasteiger partial charge on any atom is -0.338 e. The van der Waals surface area contributed by atoms with E-state index in [1.54, 1.807) is 24.3 Å². The molecule has 0 radical (unpaired) electrons. The average Bonchev–Trinajstić information content (AvgIpc) is 2.97. The Bertz CT molecular complexity index is 944. The number of anilines is 1. The number of nitrogens with one attached hydrogen (secondary N) is 1. The molecule has 3 heterocycles. The van der Waals surface area contributed by atoms with Crippen LogP contribution in [0.3, 0.4) is 0 Å². The highest BCUT2D eigenvalue weighted by atomic mass is 35.5. The summed E-state index contributed by atoms with van der Waals surface area (Å²) >= 11 is 7.48. The SMILES string of the molecule is Cc1cc(NC(=O)c2ccccc2Cl)sc1C(=O)N1CCC(CN2CCCCCC2)CC1. The van der Waals surface area contributed by atoms with E-state index in [4.69, 9.17) is 11.6 Å². The van der Waals surface area contributed by atoms with E-state index in [0.29, 0.717) is 26.4 Å². The molecule has 2 saturated heterocycles. The molecule has 1 aromatic carbocycles. The van der Waals surface area contributed by atoms with Crippen LogP contribution in [0.1, 0.15) is 64.1 Å². The van der Waals surface area contributed by atoms with Gasteiger partial charge in [-0.15, -0.1) is 11.3 Å². The topological polar surface area (TPSA) is 52.7 Å². The molecule has 0 atom stereocenters. The molecule has 2 aliphatic rings. The maximum Gasteiger partial charge on any atom is 0.264 e. The number of hydrogen-bond donors (Lipinski definition) is 1. The number of halogens is 1. The number of carbonyl (C=O) groups is 2. The van der Waals surface area contributed by atoms with Gasteiger partial charge in [-0.05, 0) is 75.4 Å². The van der Waals surface area contributed by atoms with Crippen LogP contribution < -0.4 is 5.32 Å². The van der Waals surface area contributed by atoms with Crippen LogP contribution in [0.4, 0.5) is 5.00 Å². The standard InChI is InChI=1S/C25H32ClN3O2S/c1-18-16-22(27-24(30)20-8-4-5-9-21(20)26)32-23(18)25(31)29-14-10-19(11-15-29)17-28-12-6-2-3-7-13-28/h4-5,8-9,16,19H,2-3,6-7,10-15,17H2,1H3,(H,27,30). The molecule has 0 bridgehead atoms. The molecule has 5 nitrogen and oxygen atoms in total. The van der Waals surface area contributed by atoms with Crippen molar-refractivity contribution in [2.45, 2.75) is 45.4 Å². The van der Waals surface area contributed by atoms with Crippen LogP contribution in [0.15, 0.2) is 30.3 Å². The molecule has 2 aromatic rings. The zero-order chi connectivity index (χ0) is 22.5. The Kier molecular flexibility index (Phi) is 7.87. The molecule has 2 fully saturated rings. The van der Waals surface area contributed by atoms with Crippen molar-refractivity contribution in [1.82, 2.24) is 9.80 Å². The van der Waals surface area contributed by atoms with Crippen molar-refractivity contribution in [1.29, 1.82) is 0 Å². The summed E-state index contributed by atoms with van der Waals surface area (Å²) in [6, 6.07) is 8.84. The van der Waals surface area contributed by atoms with Crippen molar-refractivity contribution in [3.8, 4) is 0 Å². The summed E-state index contributed by atoms with van der Waals surface area (Å²) < 4.78 is 0.